The maximum absolute atomic E-state index is 5.38. The largest absolute Gasteiger partial charge is 0.493 e. The molecule has 0 fully saturated rings. The molecule has 0 atom stereocenters. The molecule has 0 aliphatic rings. The van der Waals surface area contributed by atoms with E-state index < -0.39 is 0 Å². The van der Waals surface area contributed by atoms with Crippen molar-refractivity contribution in [3.63, 3.8) is 0 Å². The molecule has 8 heteroatoms. The van der Waals surface area contributed by atoms with Crippen LogP contribution in [0, 0.1) is 6.92 Å². The van der Waals surface area contributed by atoms with Crippen LogP contribution in [0.2, 0.25) is 0 Å². The van der Waals surface area contributed by atoms with Gasteiger partial charge >= 0.3 is 0 Å². The van der Waals surface area contributed by atoms with E-state index in [0.717, 1.165) is 27.4 Å². The molecule has 0 N–H and O–H groups in total. The molecule has 0 bridgehead atoms. The molecule has 2 aromatic carbocycles. The highest BCUT2D eigenvalue weighted by molar-refractivity contribution is 7.98. The lowest BCUT2D eigenvalue weighted by atomic mass is 10.1. The average Bonchev–Trinajstić information content (AvgIpc) is 3.26. The van der Waals surface area contributed by atoms with Crippen LogP contribution in [0.15, 0.2) is 64.1 Å². The van der Waals surface area contributed by atoms with Crippen LogP contribution < -0.4 is 9.47 Å². The van der Waals surface area contributed by atoms with E-state index in [9.17, 15) is 0 Å². The van der Waals surface area contributed by atoms with Crippen LogP contribution in [0.1, 0.15) is 11.5 Å². The van der Waals surface area contributed by atoms with Gasteiger partial charge in [-0.15, -0.1) is 10.2 Å². The van der Waals surface area contributed by atoms with Gasteiger partial charge in [0, 0.05) is 11.1 Å². The summed E-state index contributed by atoms with van der Waals surface area (Å²) in [5.74, 6) is 2.98. The van der Waals surface area contributed by atoms with Crippen molar-refractivity contribution < 1.29 is 14.0 Å². The second-order valence-corrected chi connectivity index (χ2v) is 7.44. The molecule has 0 aliphatic carbocycles. The molecular formula is C22H20N4O3S. The molecule has 30 heavy (non-hydrogen) atoms. The second kappa shape index (κ2) is 8.96. The monoisotopic (exact) mass is 420 g/mol. The Kier molecular flexibility index (Phi) is 5.94. The fourth-order valence-electron chi connectivity index (χ4n) is 2.93. The molecular weight excluding hydrogens is 400 g/mol. The summed E-state index contributed by atoms with van der Waals surface area (Å²) in [7, 11) is 3.21. The fourth-order valence-corrected chi connectivity index (χ4v) is 3.58. The van der Waals surface area contributed by atoms with Crippen molar-refractivity contribution in [1.82, 2.24) is 20.3 Å². The first kappa shape index (κ1) is 19.9. The number of benzene rings is 2. The van der Waals surface area contributed by atoms with Crippen molar-refractivity contribution in [3.05, 3.63) is 66.1 Å². The van der Waals surface area contributed by atoms with Gasteiger partial charge < -0.3 is 14.0 Å². The van der Waals surface area contributed by atoms with E-state index in [2.05, 4.69) is 20.3 Å². The SMILES string of the molecule is COc1ccc(-c2ccc(SCc3nc(-c4ccccc4C)no3)nn2)cc1OC. The van der Waals surface area contributed by atoms with Crippen LogP contribution in [0.5, 0.6) is 11.5 Å². The van der Waals surface area contributed by atoms with Gasteiger partial charge in [0.2, 0.25) is 11.7 Å². The number of hydrogen-bond donors (Lipinski definition) is 0. The third kappa shape index (κ3) is 4.28. The summed E-state index contributed by atoms with van der Waals surface area (Å²) in [4.78, 5) is 4.48. The highest BCUT2D eigenvalue weighted by Gasteiger charge is 2.12. The molecule has 0 saturated carbocycles. The lowest BCUT2D eigenvalue weighted by molar-refractivity contribution is 0.355. The quantitative estimate of drug-likeness (QED) is 0.394. The minimum atomic E-state index is 0.517. The van der Waals surface area contributed by atoms with Gasteiger partial charge in [0.25, 0.3) is 0 Å². The Morgan fingerprint density at radius 1 is 0.933 bits per heavy atom. The van der Waals surface area contributed by atoms with Gasteiger partial charge in [0.1, 0.15) is 5.03 Å². The Bertz CT molecular complexity index is 1150. The summed E-state index contributed by atoms with van der Waals surface area (Å²) in [6, 6.07) is 17.4. The number of hydrogen-bond acceptors (Lipinski definition) is 8. The van der Waals surface area contributed by atoms with E-state index in [0.29, 0.717) is 29.0 Å². The third-order valence-electron chi connectivity index (χ3n) is 4.52. The van der Waals surface area contributed by atoms with Gasteiger partial charge in [-0.05, 0) is 42.8 Å². The van der Waals surface area contributed by atoms with Gasteiger partial charge in [-0.2, -0.15) is 4.98 Å². The maximum atomic E-state index is 5.38. The lowest BCUT2D eigenvalue weighted by Gasteiger charge is -2.09. The van der Waals surface area contributed by atoms with Gasteiger partial charge in [-0.1, -0.05) is 41.2 Å². The zero-order valence-corrected chi connectivity index (χ0v) is 17.6. The number of nitrogens with zero attached hydrogens (tertiary/aromatic N) is 4. The minimum absolute atomic E-state index is 0.517. The van der Waals surface area contributed by atoms with Crippen LogP contribution in [0.4, 0.5) is 0 Å². The summed E-state index contributed by atoms with van der Waals surface area (Å²) >= 11 is 1.49. The Balaban J connectivity index is 1.43. The van der Waals surface area contributed by atoms with Gasteiger partial charge in [0.15, 0.2) is 11.5 Å². The molecule has 7 nitrogen and oxygen atoms in total. The average molecular weight is 420 g/mol. The van der Waals surface area contributed by atoms with Gasteiger partial charge in [-0.3, -0.25) is 0 Å². The Hall–Kier alpha value is -3.39. The lowest BCUT2D eigenvalue weighted by Crippen LogP contribution is -1.93. The predicted octanol–water partition coefficient (Wildman–Crippen LogP) is 4.81. The highest BCUT2D eigenvalue weighted by Crippen LogP contribution is 2.32. The van der Waals surface area contributed by atoms with E-state index >= 15 is 0 Å². The highest BCUT2D eigenvalue weighted by atomic mass is 32.2. The minimum Gasteiger partial charge on any atom is -0.493 e. The first-order valence-electron chi connectivity index (χ1n) is 9.25. The number of thioether (sulfide) groups is 1. The molecule has 0 radical (unpaired) electrons. The van der Waals surface area contributed by atoms with Crippen LogP contribution in [0.3, 0.4) is 0 Å². The summed E-state index contributed by atoms with van der Waals surface area (Å²) in [6.45, 7) is 2.02. The van der Waals surface area contributed by atoms with Crippen LogP contribution >= 0.6 is 11.8 Å². The fraction of sp³-hybridized carbons (Fsp3) is 0.182. The van der Waals surface area contributed by atoms with Crippen molar-refractivity contribution in [2.45, 2.75) is 17.7 Å². The van der Waals surface area contributed by atoms with E-state index in [-0.39, 0.29) is 0 Å². The van der Waals surface area contributed by atoms with Crippen molar-refractivity contribution in [2.24, 2.45) is 0 Å². The van der Waals surface area contributed by atoms with Crippen molar-refractivity contribution in [2.75, 3.05) is 14.2 Å². The van der Waals surface area contributed by atoms with Gasteiger partial charge in [0.05, 0.1) is 25.7 Å². The van der Waals surface area contributed by atoms with E-state index in [1.54, 1.807) is 14.2 Å². The van der Waals surface area contributed by atoms with Crippen LogP contribution in [-0.4, -0.2) is 34.6 Å². The van der Waals surface area contributed by atoms with Gasteiger partial charge in [-0.25, -0.2) is 0 Å². The summed E-state index contributed by atoms with van der Waals surface area (Å²) < 4.78 is 16.0. The summed E-state index contributed by atoms with van der Waals surface area (Å²) in [6.07, 6.45) is 0. The Morgan fingerprint density at radius 3 is 2.50 bits per heavy atom. The molecule has 0 spiro atoms. The topological polar surface area (TPSA) is 83.2 Å². The normalized spacial score (nSPS) is 10.8. The molecule has 4 aromatic rings. The van der Waals surface area contributed by atoms with E-state index in [1.807, 2.05) is 61.5 Å². The molecule has 0 unspecified atom stereocenters. The third-order valence-corrected chi connectivity index (χ3v) is 5.42. The predicted molar refractivity (Wildman–Crippen MR) is 115 cm³/mol. The molecule has 2 heterocycles. The molecule has 4 rings (SSSR count). The van der Waals surface area contributed by atoms with E-state index in [4.69, 9.17) is 14.0 Å². The number of aromatic nitrogens is 4. The number of ether oxygens (including phenoxy) is 2. The maximum Gasteiger partial charge on any atom is 0.237 e. The van der Waals surface area contributed by atoms with Crippen molar-refractivity contribution in [3.8, 4) is 34.1 Å². The Labute approximate surface area is 178 Å². The zero-order chi connectivity index (χ0) is 20.9. The zero-order valence-electron chi connectivity index (χ0n) is 16.8. The first-order chi connectivity index (χ1) is 14.7. The molecule has 152 valence electrons. The van der Waals surface area contributed by atoms with Crippen LogP contribution in [-0.2, 0) is 5.75 Å². The summed E-state index contributed by atoms with van der Waals surface area (Å²) in [5, 5.41) is 13.5. The van der Waals surface area contributed by atoms with E-state index in [1.165, 1.54) is 11.8 Å². The smallest absolute Gasteiger partial charge is 0.237 e. The molecule has 0 amide bonds. The summed E-state index contributed by atoms with van der Waals surface area (Å²) in [5.41, 5.74) is 3.72. The number of rotatable bonds is 7. The molecule has 0 aliphatic heterocycles. The van der Waals surface area contributed by atoms with Crippen LogP contribution in [0.25, 0.3) is 22.6 Å². The second-order valence-electron chi connectivity index (χ2n) is 6.44. The number of methoxy groups -OCH3 is 2. The molecule has 0 saturated heterocycles. The Morgan fingerprint density at radius 2 is 1.77 bits per heavy atom. The first-order valence-corrected chi connectivity index (χ1v) is 10.2. The standard InChI is InChI=1S/C22H20N4O3S/c1-14-6-4-5-7-16(14)22-23-20(29-26-22)13-30-21-11-9-17(24-25-21)15-8-10-18(27-2)19(12-15)28-3/h4-12H,13H2,1-3H3. The van der Waals surface area contributed by atoms with Crippen molar-refractivity contribution >= 4 is 11.8 Å². The number of aryl methyl sites for hydroxylation is 1. The van der Waals surface area contributed by atoms with Crippen molar-refractivity contribution in [1.29, 1.82) is 0 Å². The molecule has 2 aromatic heterocycles.